The van der Waals surface area contributed by atoms with E-state index >= 15 is 0 Å². The summed E-state index contributed by atoms with van der Waals surface area (Å²) in [6.45, 7) is 2.77. The summed E-state index contributed by atoms with van der Waals surface area (Å²) in [6.07, 6.45) is 0.978. The first kappa shape index (κ1) is 13.2. The third kappa shape index (κ3) is 3.61. The minimum atomic E-state index is -0.341. The molecule has 0 saturated heterocycles. The second-order valence-corrected chi connectivity index (χ2v) is 4.23. The fourth-order valence-electron chi connectivity index (χ4n) is 1.66. The van der Waals surface area contributed by atoms with E-state index in [1.54, 1.807) is 6.07 Å². The number of nitrogens with two attached hydrogens (primary N) is 1. The molecule has 2 aromatic carbocycles. The van der Waals surface area contributed by atoms with Crippen LogP contribution >= 0.6 is 0 Å². The molecule has 0 unspecified atom stereocenters. The van der Waals surface area contributed by atoms with Crippen molar-refractivity contribution >= 4 is 17.1 Å². The van der Waals surface area contributed by atoms with Crippen molar-refractivity contribution in [1.82, 2.24) is 0 Å². The minimum Gasteiger partial charge on any atom is -0.494 e. The van der Waals surface area contributed by atoms with Gasteiger partial charge in [-0.1, -0.05) is 6.92 Å². The SMILES string of the molecule is CCCOc1ccc(Nc2ccc(F)cc2N)cc1. The molecule has 0 bridgehead atoms. The number of rotatable bonds is 5. The van der Waals surface area contributed by atoms with Gasteiger partial charge in [0.2, 0.25) is 0 Å². The molecule has 3 N–H and O–H groups in total. The lowest BCUT2D eigenvalue weighted by Gasteiger charge is -2.10. The molecule has 0 aliphatic carbocycles. The number of anilines is 3. The number of benzene rings is 2. The van der Waals surface area contributed by atoms with Gasteiger partial charge in [-0.3, -0.25) is 0 Å². The first-order chi connectivity index (χ1) is 9.19. The fourth-order valence-corrected chi connectivity index (χ4v) is 1.66. The first-order valence-corrected chi connectivity index (χ1v) is 6.24. The zero-order valence-corrected chi connectivity index (χ0v) is 10.8. The van der Waals surface area contributed by atoms with Crippen molar-refractivity contribution in [2.45, 2.75) is 13.3 Å². The van der Waals surface area contributed by atoms with Gasteiger partial charge in [0.15, 0.2) is 0 Å². The quantitative estimate of drug-likeness (QED) is 0.800. The normalized spacial score (nSPS) is 10.2. The maximum Gasteiger partial charge on any atom is 0.125 e. The summed E-state index contributed by atoms with van der Waals surface area (Å²) >= 11 is 0. The zero-order valence-electron chi connectivity index (χ0n) is 10.8. The topological polar surface area (TPSA) is 47.3 Å². The molecule has 0 heterocycles. The maximum atomic E-state index is 12.9. The molecule has 3 nitrogen and oxygen atoms in total. The fraction of sp³-hybridized carbons (Fsp3) is 0.200. The number of nitrogens with one attached hydrogen (secondary N) is 1. The van der Waals surface area contributed by atoms with Crippen molar-refractivity contribution < 1.29 is 9.13 Å². The van der Waals surface area contributed by atoms with Gasteiger partial charge in [0.05, 0.1) is 18.0 Å². The Hall–Kier alpha value is -2.23. The molecule has 0 fully saturated rings. The van der Waals surface area contributed by atoms with E-state index in [0.717, 1.165) is 17.9 Å². The van der Waals surface area contributed by atoms with E-state index in [0.29, 0.717) is 18.0 Å². The summed E-state index contributed by atoms with van der Waals surface area (Å²) in [5, 5.41) is 3.14. The van der Waals surface area contributed by atoms with Crippen LogP contribution in [0.3, 0.4) is 0 Å². The Morgan fingerprint density at radius 2 is 1.89 bits per heavy atom. The van der Waals surface area contributed by atoms with E-state index < -0.39 is 0 Å². The molecule has 2 aromatic rings. The highest BCUT2D eigenvalue weighted by molar-refractivity contribution is 5.72. The largest absolute Gasteiger partial charge is 0.494 e. The van der Waals surface area contributed by atoms with E-state index in [2.05, 4.69) is 12.2 Å². The van der Waals surface area contributed by atoms with Gasteiger partial charge in [0.1, 0.15) is 11.6 Å². The van der Waals surface area contributed by atoms with Crippen LogP contribution in [0.4, 0.5) is 21.5 Å². The molecular weight excluding hydrogens is 243 g/mol. The Labute approximate surface area is 112 Å². The van der Waals surface area contributed by atoms with Gasteiger partial charge in [0.25, 0.3) is 0 Å². The lowest BCUT2D eigenvalue weighted by molar-refractivity contribution is 0.317. The second kappa shape index (κ2) is 6.09. The lowest BCUT2D eigenvalue weighted by Crippen LogP contribution is -1.98. The highest BCUT2D eigenvalue weighted by Crippen LogP contribution is 2.25. The number of halogens is 1. The lowest BCUT2D eigenvalue weighted by atomic mass is 10.2. The second-order valence-electron chi connectivity index (χ2n) is 4.23. The third-order valence-corrected chi connectivity index (χ3v) is 2.62. The highest BCUT2D eigenvalue weighted by Gasteiger charge is 2.01. The van der Waals surface area contributed by atoms with Gasteiger partial charge in [-0.2, -0.15) is 0 Å². The smallest absolute Gasteiger partial charge is 0.125 e. The monoisotopic (exact) mass is 260 g/mol. The standard InChI is InChI=1S/C15H17FN2O/c1-2-9-19-13-6-4-12(5-7-13)18-15-8-3-11(16)10-14(15)17/h3-8,10,18H,2,9,17H2,1H3. The first-order valence-electron chi connectivity index (χ1n) is 6.24. The molecule has 19 heavy (non-hydrogen) atoms. The van der Waals surface area contributed by atoms with Crippen LogP contribution in [0.2, 0.25) is 0 Å². The molecule has 0 aromatic heterocycles. The molecule has 0 saturated carbocycles. The Bertz CT molecular complexity index is 540. The molecule has 100 valence electrons. The van der Waals surface area contributed by atoms with Crippen LogP contribution in [0.25, 0.3) is 0 Å². The van der Waals surface area contributed by atoms with Gasteiger partial charge in [-0.05, 0) is 48.9 Å². The number of hydrogen-bond acceptors (Lipinski definition) is 3. The van der Waals surface area contributed by atoms with E-state index in [1.807, 2.05) is 24.3 Å². The van der Waals surface area contributed by atoms with Crippen LogP contribution in [-0.2, 0) is 0 Å². The van der Waals surface area contributed by atoms with Crippen molar-refractivity contribution in [3.63, 3.8) is 0 Å². The summed E-state index contributed by atoms with van der Waals surface area (Å²) in [7, 11) is 0. The summed E-state index contributed by atoms with van der Waals surface area (Å²) in [4.78, 5) is 0. The average Bonchev–Trinajstić information content (AvgIpc) is 2.41. The van der Waals surface area contributed by atoms with Crippen molar-refractivity contribution in [3.05, 3.63) is 48.3 Å². The van der Waals surface area contributed by atoms with Crippen LogP contribution in [0.15, 0.2) is 42.5 Å². The third-order valence-electron chi connectivity index (χ3n) is 2.62. The van der Waals surface area contributed by atoms with Crippen LogP contribution in [-0.4, -0.2) is 6.61 Å². The van der Waals surface area contributed by atoms with Gasteiger partial charge < -0.3 is 15.8 Å². The van der Waals surface area contributed by atoms with Crippen LogP contribution in [0, 0.1) is 5.82 Å². The van der Waals surface area contributed by atoms with Crippen molar-refractivity contribution in [1.29, 1.82) is 0 Å². The molecule has 4 heteroatoms. The average molecular weight is 260 g/mol. The van der Waals surface area contributed by atoms with Gasteiger partial charge >= 0.3 is 0 Å². The Morgan fingerprint density at radius 1 is 1.16 bits per heavy atom. The van der Waals surface area contributed by atoms with Crippen molar-refractivity contribution in [3.8, 4) is 5.75 Å². The molecule has 2 rings (SSSR count). The molecule has 0 atom stereocenters. The van der Waals surface area contributed by atoms with Crippen LogP contribution in [0.5, 0.6) is 5.75 Å². The number of hydrogen-bond donors (Lipinski definition) is 2. The number of nitrogen functional groups attached to an aromatic ring is 1. The molecule has 0 radical (unpaired) electrons. The number of ether oxygens (including phenoxy) is 1. The molecule has 0 aliphatic heterocycles. The predicted molar refractivity (Wildman–Crippen MR) is 76.3 cm³/mol. The van der Waals surface area contributed by atoms with E-state index in [-0.39, 0.29) is 5.82 Å². The Balaban J connectivity index is 2.06. The molecular formula is C15H17FN2O. The van der Waals surface area contributed by atoms with Crippen LogP contribution < -0.4 is 15.8 Å². The highest BCUT2D eigenvalue weighted by atomic mass is 19.1. The maximum absolute atomic E-state index is 12.9. The Morgan fingerprint density at radius 3 is 2.53 bits per heavy atom. The van der Waals surface area contributed by atoms with E-state index in [9.17, 15) is 4.39 Å². The van der Waals surface area contributed by atoms with Crippen molar-refractivity contribution in [2.24, 2.45) is 0 Å². The van der Waals surface area contributed by atoms with E-state index in [1.165, 1.54) is 12.1 Å². The minimum absolute atomic E-state index is 0.341. The van der Waals surface area contributed by atoms with Crippen molar-refractivity contribution in [2.75, 3.05) is 17.7 Å². The zero-order chi connectivity index (χ0) is 13.7. The summed E-state index contributed by atoms with van der Waals surface area (Å²) in [6, 6.07) is 11.8. The van der Waals surface area contributed by atoms with E-state index in [4.69, 9.17) is 10.5 Å². The van der Waals surface area contributed by atoms with Gasteiger partial charge in [-0.15, -0.1) is 0 Å². The molecule has 0 spiro atoms. The van der Waals surface area contributed by atoms with Gasteiger partial charge in [0, 0.05) is 5.69 Å². The summed E-state index contributed by atoms with van der Waals surface area (Å²) in [5.74, 6) is 0.492. The Kier molecular flexibility index (Phi) is 4.23. The van der Waals surface area contributed by atoms with Gasteiger partial charge in [-0.25, -0.2) is 4.39 Å². The molecule has 0 aliphatic rings. The summed E-state index contributed by atoms with van der Waals surface area (Å²) in [5.41, 5.74) is 7.68. The van der Waals surface area contributed by atoms with Crippen LogP contribution in [0.1, 0.15) is 13.3 Å². The predicted octanol–water partition coefficient (Wildman–Crippen LogP) is 3.94. The molecule has 0 amide bonds. The summed E-state index contributed by atoms with van der Waals surface area (Å²) < 4.78 is 18.4.